The predicted molar refractivity (Wildman–Crippen MR) is 121 cm³/mol. The number of hydrogen-bond acceptors (Lipinski definition) is 2. The normalized spacial score (nSPS) is 8.46. The van der Waals surface area contributed by atoms with Crippen LogP contribution in [0.3, 0.4) is 0 Å². The van der Waals surface area contributed by atoms with Crippen molar-refractivity contribution in [3.05, 3.63) is 40.8 Å². The number of H-pyrrole nitrogens is 1. The maximum absolute atomic E-state index is 4.50. The van der Waals surface area contributed by atoms with E-state index in [1.54, 1.807) is 0 Å². The minimum Gasteiger partial charge on any atom is -0.342 e. The van der Waals surface area contributed by atoms with Crippen LogP contribution in [0.5, 0.6) is 0 Å². The minimum absolute atomic E-state index is 0.977. The van der Waals surface area contributed by atoms with Gasteiger partial charge in [-0.2, -0.15) is 0 Å². The summed E-state index contributed by atoms with van der Waals surface area (Å²) in [7, 11) is 1.50. The number of aromatic amines is 1. The molecule has 0 saturated carbocycles. The Morgan fingerprint density at radius 2 is 1.42 bits per heavy atom. The van der Waals surface area contributed by atoms with Crippen molar-refractivity contribution in [2.24, 2.45) is 5.73 Å². The molecule has 2 rings (SSSR count). The third-order valence-electron chi connectivity index (χ3n) is 3.51. The lowest BCUT2D eigenvalue weighted by molar-refractivity contribution is 0.890. The molecule has 0 unspecified atom stereocenters. The maximum atomic E-state index is 4.50. The molecule has 0 saturated heterocycles. The number of aromatic nitrogens is 2. The lowest BCUT2D eigenvalue weighted by atomic mass is 9.91. The highest BCUT2D eigenvalue weighted by Crippen LogP contribution is 2.28. The molecule has 0 aliphatic rings. The number of aryl methyl sites for hydroxylation is 2. The van der Waals surface area contributed by atoms with Gasteiger partial charge in [-0.3, -0.25) is 0 Å². The van der Waals surface area contributed by atoms with Crippen molar-refractivity contribution in [3.8, 4) is 11.3 Å². The zero-order valence-electron chi connectivity index (χ0n) is 19.4. The van der Waals surface area contributed by atoms with E-state index in [1.807, 2.05) is 54.7 Å². The molecule has 0 bridgehead atoms. The molecule has 0 radical (unpaired) electrons. The summed E-state index contributed by atoms with van der Waals surface area (Å²) in [5, 5.41) is 0. The van der Waals surface area contributed by atoms with Gasteiger partial charge in [0, 0.05) is 5.56 Å². The van der Waals surface area contributed by atoms with Crippen LogP contribution in [-0.4, -0.2) is 17.0 Å². The van der Waals surface area contributed by atoms with Gasteiger partial charge >= 0.3 is 0 Å². The average molecular weight is 364 g/mol. The molecule has 0 aliphatic heterocycles. The third-order valence-corrected chi connectivity index (χ3v) is 3.51. The van der Waals surface area contributed by atoms with Gasteiger partial charge in [0.1, 0.15) is 5.82 Å². The summed E-state index contributed by atoms with van der Waals surface area (Å²) in [5.41, 5.74) is 11.4. The first kappa shape index (κ1) is 29.2. The van der Waals surface area contributed by atoms with Crippen LogP contribution in [0.1, 0.15) is 84.3 Å². The fourth-order valence-corrected chi connectivity index (χ4v) is 2.62. The maximum Gasteiger partial charge on any atom is 0.103 e. The van der Waals surface area contributed by atoms with Crippen molar-refractivity contribution in [2.45, 2.75) is 88.5 Å². The summed E-state index contributed by atoms with van der Waals surface area (Å²) < 4.78 is 0. The van der Waals surface area contributed by atoms with Crippen molar-refractivity contribution in [1.29, 1.82) is 0 Å². The van der Waals surface area contributed by atoms with Gasteiger partial charge in [0.05, 0.1) is 11.9 Å². The van der Waals surface area contributed by atoms with Crippen LogP contribution in [0.25, 0.3) is 11.3 Å². The molecule has 1 aromatic carbocycles. The van der Waals surface area contributed by atoms with Gasteiger partial charge in [0.2, 0.25) is 0 Å². The zero-order valence-corrected chi connectivity index (χ0v) is 19.4. The Kier molecular flexibility index (Phi) is 22.1. The van der Waals surface area contributed by atoms with Crippen LogP contribution >= 0.6 is 0 Å². The molecule has 0 atom stereocenters. The standard InChI is InChI=1S/C16H22N2.3C2H6.CH5N/c1-5-7-14-11(3)8-9-15(13(14)6-2)16-10-17-12(4)18-16;4*1-2/h8-10H,5-7H2,1-4H3,(H,17,18);3*1-2H3;2H2,1H3. The third kappa shape index (κ3) is 9.19. The van der Waals surface area contributed by atoms with Gasteiger partial charge in [0.15, 0.2) is 0 Å². The lowest BCUT2D eigenvalue weighted by Crippen LogP contribution is -1.99. The van der Waals surface area contributed by atoms with Crippen molar-refractivity contribution in [1.82, 2.24) is 9.97 Å². The van der Waals surface area contributed by atoms with E-state index in [1.165, 1.54) is 35.7 Å². The molecule has 3 N–H and O–H groups in total. The van der Waals surface area contributed by atoms with E-state index in [4.69, 9.17) is 0 Å². The largest absolute Gasteiger partial charge is 0.342 e. The van der Waals surface area contributed by atoms with Crippen LogP contribution in [-0.2, 0) is 12.8 Å². The first-order valence-electron chi connectivity index (χ1n) is 10.4. The topological polar surface area (TPSA) is 54.7 Å². The molecule has 26 heavy (non-hydrogen) atoms. The Balaban J connectivity index is -0.000000585. The van der Waals surface area contributed by atoms with Crippen molar-refractivity contribution in [3.63, 3.8) is 0 Å². The highest BCUT2D eigenvalue weighted by molar-refractivity contribution is 5.66. The number of nitrogens with one attached hydrogen (secondary N) is 1. The van der Waals surface area contributed by atoms with E-state index >= 15 is 0 Å². The molecule has 0 spiro atoms. The lowest BCUT2D eigenvalue weighted by Gasteiger charge is -2.15. The summed E-state index contributed by atoms with van der Waals surface area (Å²) in [4.78, 5) is 7.66. The van der Waals surface area contributed by atoms with Gasteiger partial charge in [-0.15, -0.1) is 0 Å². The van der Waals surface area contributed by atoms with Crippen molar-refractivity contribution >= 4 is 0 Å². The summed E-state index contributed by atoms with van der Waals surface area (Å²) >= 11 is 0. The quantitative estimate of drug-likeness (QED) is 0.623. The van der Waals surface area contributed by atoms with Gasteiger partial charge < -0.3 is 10.7 Å². The number of imidazole rings is 1. The van der Waals surface area contributed by atoms with E-state index in [2.05, 4.69) is 48.6 Å². The molecule has 1 heterocycles. The Morgan fingerprint density at radius 1 is 0.885 bits per heavy atom. The van der Waals surface area contributed by atoms with Gasteiger partial charge in [0.25, 0.3) is 0 Å². The first-order chi connectivity index (χ1) is 12.7. The zero-order chi connectivity index (χ0) is 21.1. The molecule has 3 heteroatoms. The van der Waals surface area contributed by atoms with E-state index in [0.717, 1.165) is 24.4 Å². The van der Waals surface area contributed by atoms with Crippen molar-refractivity contribution < 1.29 is 0 Å². The molecule has 3 nitrogen and oxygen atoms in total. The highest BCUT2D eigenvalue weighted by atomic mass is 14.9. The second kappa shape index (κ2) is 19.7. The summed E-state index contributed by atoms with van der Waals surface area (Å²) in [5.74, 6) is 0.977. The molecule has 152 valence electrons. The molecular formula is C23H45N3. The fourth-order valence-electron chi connectivity index (χ4n) is 2.62. The number of benzene rings is 1. The van der Waals surface area contributed by atoms with Crippen LogP contribution in [0, 0.1) is 13.8 Å². The number of rotatable bonds is 4. The number of hydrogen-bond donors (Lipinski definition) is 2. The van der Waals surface area contributed by atoms with Crippen LogP contribution in [0.4, 0.5) is 0 Å². The van der Waals surface area contributed by atoms with E-state index < -0.39 is 0 Å². The Morgan fingerprint density at radius 3 is 1.81 bits per heavy atom. The average Bonchev–Trinajstić information content (AvgIpc) is 3.15. The molecule has 0 aliphatic carbocycles. The SMILES string of the molecule is CC.CC.CC.CCCc1c(C)ccc(-c2cnc(C)[nH]2)c1CC.CN. The first-order valence-corrected chi connectivity index (χ1v) is 10.4. The predicted octanol–water partition coefficient (Wildman–Crippen LogP) is 6.86. The molecule has 2 aromatic rings. The fraction of sp³-hybridized carbons (Fsp3) is 0.609. The van der Waals surface area contributed by atoms with Gasteiger partial charge in [-0.25, -0.2) is 4.98 Å². The number of nitrogens with zero attached hydrogens (tertiary/aromatic N) is 1. The smallest absolute Gasteiger partial charge is 0.103 e. The Hall–Kier alpha value is -1.61. The highest BCUT2D eigenvalue weighted by Gasteiger charge is 2.12. The van der Waals surface area contributed by atoms with Gasteiger partial charge in [-0.1, -0.05) is 73.9 Å². The molecule has 1 aromatic heterocycles. The van der Waals surface area contributed by atoms with Crippen LogP contribution < -0.4 is 5.73 Å². The summed E-state index contributed by atoms with van der Waals surface area (Å²) in [6, 6.07) is 4.45. The van der Waals surface area contributed by atoms with E-state index in [9.17, 15) is 0 Å². The monoisotopic (exact) mass is 363 g/mol. The minimum atomic E-state index is 0.977. The van der Waals surface area contributed by atoms with Crippen LogP contribution in [0.2, 0.25) is 0 Å². The van der Waals surface area contributed by atoms with Crippen LogP contribution in [0.15, 0.2) is 18.3 Å². The second-order valence-electron chi connectivity index (χ2n) is 4.87. The summed E-state index contributed by atoms with van der Waals surface area (Å²) in [6.07, 6.45) is 5.37. The van der Waals surface area contributed by atoms with Gasteiger partial charge in [-0.05, 0) is 50.4 Å². The van der Waals surface area contributed by atoms with Crippen molar-refractivity contribution in [2.75, 3.05) is 7.05 Å². The molecular weight excluding hydrogens is 318 g/mol. The Labute approximate surface area is 163 Å². The molecule has 0 fully saturated rings. The molecule has 0 amide bonds. The van der Waals surface area contributed by atoms with E-state index in [0.29, 0.717) is 0 Å². The Bertz CT molecular complexity index is 542. The second-order valence-corrected chi connectivity index (χ2v) is 4.87. The van der Waals surface area contributed by atoms with E-state index in [-0.39, 0.29) is 0 Å². The summed E-state index contributed by atoms with van der Waals surface area (Å²) in [6.45, 7) is 20.7. The number of nitrogens with two attached hydrogens (primary N) is 1.